The summed E-state index contributed by atoms with van der Waals surface area (Å²) in [6.45, 7) is 18.8. The third-order valence-corrected chi connectivity index (χ3v) is 5.57. The number of ketones is 1. The number of nitrogens with one attached hydrogen (secondary N) is 4. The van der Waals surface area contributed by atoms with Gasteiger partial charge in [-0.2, -0.15) is 0 Å². The number of urea groups is 1. The van der Waals surface area contributed by atoms with Gasteiger partial charge in [0.15, 0.2) is 0 Å². The molecule has 1 rings (SSSR count). The summed E-state index contributed by atoms with van der Waals surface area (Å²) < 4.78 is 10.1. The lowest BCUT2D eigenvalue weighted by molar-refractivity contribution is -0.142. The molecule has 0 aliphatic heterocycles. The molecule has 45 heavy (non-hydrogen) atoms. The number of esters is 1. The van der Waals surface area contributed by atoms with Gasteiger partial charge in [-0.15, -0.1) is 0 Å². The van der Waals surface area contributed by atoms with Crippen LogP contribution in [0.3, 0.4) is 0 Å². The summed E-state index contributed by atoms with van der Waals surface area (Å²) in [5, 5.41) is 10.2. The first-order valence-electron chi connectivity index (χ1n) is 15.4. The van der Waals surface area contributed by atoms with Crippen LogP contribution in [0.4, 0.5) is 10.5 Å². The molecular weight excluding hydrogens is 582 g/mol. The van der Waals surface area contributed by atoms with E-state index in [1.165, 1.54) is 6.92 Å². The SMILES string of the molecule is CC.CC(=O)OCc1ccc(NC(=O)CNC=O)cc1.CC(C)C(=O)CCOCCC(=O)NC(C)C(C)C.CCCNC(N)=O. The second-order valence-corrected chi connectivity index (χ2v) is 10.1. The minimum atomic E-state index is -0.443. The number of hydrogen-bond acceptors (Lipinski definition) is 8. The van der Waals surface area contributed by atoms with Crippen molar-refractivity contribution in [2.45, 2.75) is 94.2 Å². The average Bonchev–Trinajstić information content (AvgIpc) is 2.99. The maximum atomic E-state index is 11.5. The van der Waals surface area contributed by atoms with Crippen LogP contribution in [0.1, 0.15) is 87.1 Å². The van der Waals surface area contributed by atoms with Gasteiger partial charge in [0.25, 0.3) is 0 Å². The highest BCUT2D eigenvalue weighted by Crippen LogP contribution is 2.10. The van der Waals surface area contributed by atoms with Crippen molar-refractivity contribution in [2.24, 2.45) is 17.6 Å². The van der Waals surface area contributed by atoms with Crippen molar-refractivity contribution in [2.75, 3.05) is 31.6 Å². The zero-order valence-electron chi connectivity index (χ0n) is 28.6. The van der Waals surface area contributed by atoms with Gasteiger partial charge in [0, 0.05) is 44.0 Å². The van der Waals surface area contributed by atoms with E-state index in [0.29, 0.717) is 50.6 Å². The van der Waals surface area contributed by atoms with Crippen molar-refractivity contribution in [1.82, 2.24) is 16.0 Å². The molecule has 0 fully saturated rings. The minimum Gasteiger partial charge on any atom is -0.461 e. The van der Waals surface area contributed by atoms with Gasteiger partial charge >= 0.3 is 12.0 Å². The molecule has 0 saturated heterocycles. The Morgan fingerprint density at radius 2 is 1.49 bits per heavy atom. The van der Waals surface area contributed by atoms with E-state index in [0.717, 1.165) is 12.0 Å². The van der Waals surface area contributed by atoms with Crippen molar-refractivity contribution >= 4 is 41.7 Å². The highest BCUT2D eigenvalue weighted by Gasteiger charge is 2.11. The number of primary amides is 1. The second kappa shape index (κ2) is 30.0. The highest BCUT2D eigenvalue weighted by molar-refractivity contribution is 5.93. The summed E-state index contributed by atoms with van der Waals surface area (Å²) in [4.78, 5) is 64.6. The first-order valence-corrected chi connectivity index (χ1v) is 15.4. The summed E-state index contributed by atoms with van der Waals surface area (Å²) in [5.74, 6) is 0.0451. The lowest BCUT2D eigenvalue weighted by Crippen LogP contribution is -2.36. The third-order valence-electron chi connectivity index (χ3n) is 5.57. The normalized spacial score (nSPS) is 10.3. The Bertz CT molecular complexity index is 969. The van der Waals surface area contributed by atoms with E-state index in [-0.39, 0.29) is 48.7 Å². The van der Waals surface area contributed by atoms with Crippen LogP contribution >= 0.6 is 0 Å². The molecule has 5 amide bonds. The Kier molecular flexibility index (Phi) is 30.3. The van der Waals surface area contributed by atoms with Crippen LogP contribution in [0.2, 0.25) is 0 Å². The molecule has 6 N–H and O–H groups in total. The number of nitrogens with two attached hydrogens (primary N) is 1. The Balaban J connectivity index is -0.000000621. The molecule has 0 aliphatic rings. The highest BCUT2D eigenvalue weighted by atomic mass is 16.5. The molecule has 1 aromatic carbocycles. The van der Waals surface area contributed by atoms with Gasteiger partial charge in [-0.1, -0.05) is 60.6 Å². The molecule has 13 heteroatoms. The van der Waals surface area contributed by atoms with Crippen molar-refractivity contribution in [1.29, 1.82) is 0 Å². The minimum absolute atomic E-state index is 0.00591. The summed E-state index contributed by atoms with van der Waals surface area (Å²) in [7, 11) is 0. The standard InChI is InChI=1S/C14H27NO3.C12H14N2O4.C4H10N2O.C2H6/c1-10(2)12(5)15-14(17)7-9-18-8-6-13(16)11(3)4;1-9(16)18-7-10-2-4-11(5-3-10)14-12(17)6-13-8-15;1-2-3-6-4(5)7;1-2/h10-12H,6-9H2,1-5H3,(H,15,17);2-5,8H,6-7H2,1H3,(H,13,15)(H,14,17);2-3H2,1H3,(H3,5,6,7);1-2H3. The number of anilines is 1. The van der Waals surface area contributed by atoms with Crippen molar-refractivity contribution in [3.05, 3.63) is 29.8 Å². The molecule has 0 spiro atoms. The lowest BCUT2D eigenvalue weighted by Gasteiger charge is -2.17. The lowest BCUT2D eigenvalue weighted by atomic mass is 10.1. The number of amides is 5. The van der Waals surface area contributed by atoms with Crippen LogP contribution in [-0.4, -0.2) is 68.4 Å². The largest absolute Gasteiger partial charge is 0.461 e. The maximum absolute atomic E-state index is 11.5. The van der Waals surface area contributed by atoms with Crippen molar-refractivity contribution in [3.8, 4) is 0 Å². The molecule has 0 heterocycles. The number of Topliss-reactive ketones (excluding diaryl/α,β-unsaturated/α-hetero) is 1. The quantitative estimate of drug-likeness (QED) is 0.0966. The number of ether oxygens (including phenoxy) is 2. The first-order chi connectivity index (χ1) is 21.2. The van der Waals surface area contributed by atoms with E-state index in [2.05, 4.69) is 35.1 Å². The summed E-state index contributed by atoms with van der Waals surface area (Å²) >= 11 is 0. The Morgan fingerprint density at radius 3 is 1.93 bits per heavy atom. The van der Waals surface area contributed by atoms with E-state index in [1.807, 2.05) is 41.5 Å². The number of rotatable bonds is 17. The fraction of sp³-hybridized carbons (Fsp3) is 0.625. The molecule has 13 nitrogen and oxygen atoms in total. The van der Waals surface area contributed by atoms with Crippen molar-refractivity contribution in [3.63, 3.8) is 0 Å². The van der Waals surface area contributed by atoms with Crippen LogP contribution in [0.25, 0.3) is 0 Å². The van der Waals surface area contributed by atoms with E-state index in [9.17, 15) is 28.8 Å². The van der Waals surface area contributed by atoms with E-state index in [1.54, 1.807) is 24.3 Å². The molecule has 1 aromatic rings. The molecular formula is C32H57N5O8. The van der Waals surface area contributed by atoms with Gasteiger partial charge in [-0.3, -0.25) is 24.0 Å². The summed E-state index contributed by atoms with van der Waals surface area (Å²) in [6.07, 6.45) is 2.18. The molecule has 0 saturated carbocycles. The van der Waals surface area contributed by atoms with Gasteiger partial charge in [0.2, 0.25) is 18.2 Å². The van der Waals surface area contributed by atoms with E-state index < -0.39 is 6.03 Å². The van der Waals surface area contributed by atoms with Gasteiger partial charge in [0.05, 0.1) is 19.8 Å². The third kappa shape index (κ3) is 31.2. The van der Waals surface area contributed by atoms with Crippen LogP contribution in [0.5, 0.6) is 0 Å². The number of carbonyl (C=O) groups is 6. The summed E-state index contributed by atoms with van der Waals surface area (Å²) in [6, 6.07) is 6.61. The second-order valence-electron chi connectivity index (χ2n) is 10.1. The van der Waals surface area contributed by atoms with Crippen LogP contribution in [0, 0.1) is 11.8 Å². The maximum Gasteiger partial charge on any atom is 0.312 e. The monoisotopic (exact) mass is 639 g/mol. The number of carbonyl (C=O) groups excluding carboxylic acids is 6. The van der Waals surface area contributed by atoms with Gasteiger partial charge in [-0.25, -0.2) is 4.79 Å². The van der Waals surface area contributed by atoms with Gasteiger partial charge in [-0.05, 0) is 37.0 Å². The molecule has 0 bridgehead atoms. The van der Waals surface area contributed by atoms with E-state index in [4.69, 9.17) is 15.2 Å². The number of benzene rings is 1. The summed E-state index contributed by atoms with van der Waals surface area (Å²) in [5.41, 5.74) is 6.17. The van der Waals surface area contributed by atoms with E-state index >= 15 is 0 Å². The van der Waals surface area contributed by atoms with Crippen molar-refractivity contribution < 1.29 is 38.2 Å². The Hall–Kier alpha value is -4.00. The zero-order valence-corrected chi connectivity index (χ0v) is 28.6. The Morgan fingerprint density at radius 1 is 0.911 bits per heavy atom. The van der Waals surface area contributed by atoms with Gasteiger partial charge < -0.3 is 36.5 Å². The average molecular weight is 640 g/mol. The fourth-order valence-electron chi connectivity index (χ4n) is 2.68. The van der Waals surface area contributed by atoms with Gasteiger partial charge in [0.1, 0.15) is 12.4 Å². The molecule has 1 atom stereocenters. The predicted molar refractivity (Wildman–Crippen MR) is 176 cm³/mol. The first kappa shape index (κ1) is 45.4. The number of hydrogen-bond donors (Lipinski definition) is 5. The Labute approximate surface area is 269 Å². The molecule has 0 aromatic heterocycles. The molecule has 258 valence electrons. The van der Waals surface area contributed by atoms with Crippen LogP contribution < -0.4 is 27.0 Å². The molecule has 0 aliphatic carbocycles. The fourth-order valence-corrected chi connectivity index (χ4v) is 2.68. The molecule has 1 unspecified atom stereocenters. The topological polar surface area (TPSA) is 195 Å². The van der Waals surface area contributed by atoms with Crippen LogP contribution in [-0.2, 0) is 40.1 Å². The smallest absolute Gasteiger partial charge is 0.312 e. The predicted octanol–water partition coefficient (Wildman–Crippen LogP) is 3.69. The molecule has 0 radical (unpaired) electrons. The zero-order chi connectivity index (χ0) is 35.2. The van der Waals surface area contributed by atoms with Crippen LogP contribution in [0.15, 0.2) is 24.3 Å².